The summed E-state index contributed by atoms with van der Waals surface area (Å²) >= 11 is 0. The number of carbonyl (C=O) groups excluding carboxylic acids is 2. The molecule has 0 saturated heterocycles. The number of nitrogens with one attached hydrogen (secondary N) is 1. The summed E-state index contributed by atoms with van der Waals surface area (Å²) < 4.78 is 0. The van der Waals surface area contributed by atoms with Gasteiger partial charge < -0.3 is 5.32 Å². The highest BCUT2D eigenvalue weighted by molar-refractivity contribution is 6.00. The van der Waals surface area contributed by atoms with Gasteiger partial charge in [0.15, 0.2) is 5.78 Å². The van der Waals surface area contributed by atoms with E-state index >= 15 is 0 Å². The minimum absolute atomic E-state index is 0.0763. The molecule has 1 amide bonds. The molecule has 88 valence electrons. The third-order valence-corrected chi connectivity index (χ3v) is 2.76. The van der Waals surface area contributed by atoms with Gasteiger partial charge in [-0.2, -0.15) is 0 Å². The standard InChI is InChI=1S/C13H14N2O2/c1-9(16)15-13-3-2-11(17)8-12(13)10-4-6-14-7-5-10/h4-8,13H,2-3H2,1H3,(H,15,16). The molecule has 4 heteroatoms. The third-order valence-electron chi connectivity index (χ3n) is 2.76. The van der Waals surface area contributed by atoms with Crippen LogP contribution in [0.3, 0.4) is 0 Å². The van der Waals surface area contributed by atoms with Gasteiger partial charge in [-0.25, -0.2) is 0 Å². The Morgan fingerprint density at radius 2 is 2.12 bits per heavy atom. The largest absolute Gasteiger partial charge is 0.350 e. The highest BCUT2D eigenvalue weighted by Gasteiger charge is 2.23. The average Bonchev–Trinajstić information content (AvgIpc) is 2.32. The van der Waals surface area contributed by atoms with E-state index in [1.165, 1.54) is 6.92 Å². The first-order valence-corrected chi connectivity index (χ1v) is 5.59. The number of rotatable bonds is 2. The summed E-state index contributed by atoms with van der Waals surface area (Å²) in [7, 11) is 0. The van der Waals surface area contributed by atoms with Gasteiger partial charge in [0.05, 0.1) is 6.04 Å². The Hall–Kier alpha value is -1.97. The van der Waals surface area contributed by atoms with E-state index in [1.54, 1.807) is 18.5 Å². The van der Waals surface area contributed by atoms with Crippen molar-refractivity contribution in [1.29, 1.82) is 0 Å². The third kappa shape index (κ3) is 2.78. The predicted octanol–water partition coefficient (Wildman–Crippen LogP) is 1.33. The number of hydrogen-bond donors (Lipinski definition) is 1. The second kappa shape index (κ2) is 4.91. The number of amides is 1. The van der Waals surface area contributed by atoms with Crippen LogP contribution in [0.2, 0.25) is 0 Å². The molecule has 1 heterocycles. The van der Waals surface area contributed by atoms with Gasteiger partial charge in [0.25, 0.3) is 0 Å². The molecule has 1 aromatic rings. The number of allylic oxidation sites excluding steroid dienone is 1. The van der Waals surface area contributed by atoms with Crippen molar-refractivity contribution in [2.45, 2.75) is 25.8 Å². The quantitative estimate of drug-likeness (QED) is 0.833. The maximum atomic E-state index is 11.5. The lowest BCUT2D eigenvalue weighted by molar-refractivity contribution is -0.120. The smallest absolute Gasteiger partial charge is 0.217 e. The Labute approximate surface area is 99.7 Å². The summed E-state index contributed by atoms with van der Waals surface area (Å²) in [5.74, 6) is 0.0303. The van der Waals surface area contributed by atoms with Gasteiger partial charge >= 0.3 is 0 Å². The molecule has 0 aliphatic heterocycles. The summed E-state index contributed by atoms with van der Waals surface area (Å²) in [5.41, 5.74) is 1.81. The fraction of sp³-hybridized carbons (Fsp3) is 0.308. The fourth-order valence-corrected chi connectivity index (χ4v) is 2.01. The van der Waals surface area contributed by atoms with E-state index < -0.39 is 0 Å². The van der Waals surface area contributed by atoms with Gasteiger partial charge in [0.1, 0.15) is 0 Å². The van der Waals surface area contributed by atoms with E-state index in [2.05, 4.69) is 10.3 Å². The first-order valence-electron chi connectivity index (χ1n) is 5.59. The molecule has 0 saturated carbocycles. The number of carbonyl (C=O) groups is 2. The Balaban J connectivity index is 2.32. The summed E-state index contributed by atoms with van der Waals surface area (Å²) in [6.45, 7) is 1.49. The van der Waals surface area contributed by atoms with Crippen LogP contribution in [0.5, 0.6) is 0 Å². The summed E-state index contributed by atoms with van der Waals surface area (Å²) in [4.78, 5) is 26.6. The lowest BCUT2D eigenvalue weighted by Crippen LogP contribution is -2.36. The zero-order chi connectivity index (χ0) is 12.3. The molecule has 1 aliphatic rings. The monoisotopic (exact) mass is 230 g/mol. The molecule has 1 aliphatic carbocycles. The number of aromatic nitrogens is 1. The molecule has 4 nitrogen and oxygen atoms in total. The molecule has 1 unspecified atom stereocenters. The van der Waals surface area contributed by atoms with Crippen LogP contribution >= 0.6 is 0 Å². The van der Waals surface area contributed by atoms with E-state index in [-0.39, 0.29) is 17.7 Å². The van der Waals surface area contributed by atoms with Crippen molar-refractivity contribution in [1.82, 2.24) is 10.3 Å². The molecule has 0 aromatic carbocycles. The van der Waals surface area contributed by atoms with Gasteiger partial charge in [0.2, 0.25) is 5.91 Å². The molecule has 1 N–H and O–H groups in total. The zero-order valence-corrected chi connectivity index (χ0v) is 9.64. The van der Waals surface area contributed by atoms with Gasteiger partial charge in [-0.05, 0) is 35.8 Å². The normalized spacial score (nSPS) is 19.7. The molecule has 17 heavy (non-hydrogen) atoms. The van der Waals surface area contributed by atoms with Crippen LogP contribution in [0.1, 0.15) is 25.3 Å². The summed E-state index contributed by atoms with van der Waals surface area (Å²) in [6.07, 6.45) is 6.13. The topological polar surface area (TPSA) is 59.1 Å². The molecule has 0 spiro atoms. The maximum Gasteiger partial charge on any atom is 0.217 e. The first-order chi connectivity index (χ1) is 8.16. The highest BCUT2D eigenvalue weighted by Crippen LogP contribution is 2.25. The van der Waals surface area contributed by atoms with E-state index in [9.17, 15) is 9.59 Å². The van der Waals surface area contributed by atoms with Crippen LogP contribution < -0.4 is 5.32 Å². The fourth-order valence-electron chi connectivity index (χ4n) is 2.01. The average molecular weight is 230 g/mol. The Bertz CT molecular complexity index is 466. The van der Waals surface area contributed by atoms with Crippen LogP contribution in [-0.4, -0.2) is 22.7 Å². The van der Waals surface area contributed by atoms with Crippen LogP contribution in [-0.2, 0) is 9.59 Å². The van der Waals surface area contributed by atoms with Gasteiger partial charge in [-0.3, -0.25) is 14.6 Å². The second-order valence-corrected chi connectivity index (χ2v) is 4.09. The molecular formula is C13H14N2O2. The summed E-state index contributed by atoms with van der Waals surface area (Å²) in [5, 5.41) is 2.87. The van der Waals surface area contributed by atoms with Crippen LogP contribution in [0.4, 0.5) is 0 Å². The second-order valence-electron chi connectivity index (χ2n) is 4.09. The zero-order valence-electron chi connectivity index (χ0n) is 9.64. The van der Waals surface area contributed by atoms with E-state index in [1.807, 2.05) is 12.1 Å². The Kier molecular flexibility index (Phi) is 3.32. The van der Waals surface area contributed by atoms with Gasteiger partial charge in [-0.1, -0.05) is 0 Å². The number of ketones is 1. The van der Waals surface area contributed by atoms with Crippen LogP contribution in [0.25, 0.3) is 5.57 Å². The van der Waals surface area contributed by atoms with Crippen molar-refractivity contribution in [2.24, 2.45) is 0 Å². The molecule has 2 rings (SSSR count). The number of nitrogens with zero attached hydrogens (tertiary/aromatic N) is 1. The lowest BCUT2D eigenvalue weighted by Gasteiger charge is -2.24. The Morgan fingerprint density at radius 3 is 2.76 bits per heavy atom. The number of pyridine rings is 1. The molecule has 1 aromatic heterocycles. The maximum absolute atomic E-state index is 11.5. The molecular weight excluding hydrogens is 216 g/mol. The first kappa shape index (κ1) is 11.5. The van der Waals surface area contributed by atoms with E-state index in [0.29, 0.717) is 12.8 Å². The predicted molar refractivity (Wildman–Crippen MR) is 64.1 cm³/mol. The Morgan fingerprint density at radius 1 is 1.41 bits per heavy atom. The molecule has 1 atom stereocenters. The minimum Gasteiger partial charge on any atom is -0.350 e. The van der Waals surface area contributed by atoms with E-state index in [0.717, 1.165) is 11.1 Å². The van der Waals surface area contributed by atoms with Crippen molar-refractivity contribution in [3.8, 4) is 0 Å². The van der Waals surface area contributed by atoms with Crippen LogP contribution in [0, 0.1) is 0 Å². The van der Waals surface area contributed by atoms with Gasteiger partial charge in [0, 0.05) is 25.7 Å². The SMILES string of the molecule is CC(=O)NC1CCC(=O)C=C1c1ccncc1. The number of hydrogen-bond acceptors (Lipinski definition) is 3. The van der Waals surface area contributed by atoms with Crippen molar-refractivity contribution in [3.05, 3.63) is 36.2 Å². The van der Waals surface area contributed by atoms with Crippen molar-refractivity contribution in [2.75, 3.05) is 0 Å². The van der Waals surface area contributed by atoms with Crippen molar-refractivity contribution in [3.63, 3.8) is 0 Å². The molecule has 0 fully saturated rings. The van der Waals surface area contributed by atoms with E-state index in [4.69, 9.17) is 0 Å². The van der Waals surface area contributed by atoms with Crippen molar-refractivity contribution < 1.29 is 9.59 Å². The van der Waals surface area contributed by atoms with Crippen molar-refractivity contribution >= 4 is 17.3 Å². The summed E-state index contributed by atoms with van der Waals surface area (Å²) in [6, 6.07) is 3.62. The molecule has 0 radical (unpaired) electrons. The lowest BCUT2D eigenvalue weighted by atomic mass is 9.89. The van der Waals surface area contributed by atoms with Gasteiger partial charge in [-0.15, -0.1) is 0 Å². The molecule has 0 bridgehead atoms. The minimum atomic E-state index is -0.0793. The highest BCUT2D eigenvalue weighted by atomic mass is 16.1. The van der Waals surface area contributed by atoms with Crippen LogP contribution in [0.15, 0.2) is 30.6 Å².